The predicted octanol–water partition coefficient (Wildman–Crippen LogP) is 1.81. The second-order valence-electron chi connectivity index (χ2n) is 7.49. The molecule has 1 fully saturated rings. The molecule has 4 rings (SSSR count). The molecular formula is C22H21FN6O2. The number of hydrogen-bond donors (Lipinski definition) is 1. The maximum Gasteiger partial charge on any atom is 0.246 e. The van der Waals surface area contributed by atoms with Gasteiger partial charge in [-0.2, -0.15) is 0 Å². The molecule has 1 aliphatic heterocycles. The van der Waals surface area contributed by atoms with Crippen molar-refractivity contribution in [2.75, 3.05) is 18.0 Å². The van der Waals surface area contributed by atoms with E-state index in [-0.39, 0.29) is 36.6 Å². The molecule has 2 aromatic heterocycles. The zero-order chi connectivity index (χ0) is 21.8. The van der Waals surface area contributed by atoms with E-state index < -0.39 is 0 Å². The first-order valence-electron chi connectivity index (χ1n) is 9.91. The number of rotatable bonds is 6. The standard InChI is InChI=1S/C22H21FN6O2/c1-14(15-2-4-16(23)5-3-15)8-19-26-17(9-18-11-24-6-7-25-18)10-20(27-19)29-12-21(30)28-22(31)13-29/h2-7,10-11,14H,8-9,12-13H2,1H3,(H,28,30,31)/t14-/m1/s1. The molecule has 1 N–H and O–H groups in total. The molecule has 31 heavy (non-hydrogen) atoms. The van der Waals surface area contributed by atoms with E-state index in [4.69, 9.17) is 0 Å². The van der Waals surface area contributed by atoms with Crippen LogP contribution in [0.25, 0.3) is 0 Å². The van der Waals surface area contributed by atoms with Crippen molar-refractivity contribution in [3.8, 4) is 0 Å². The molecule has 3 heterocycles. The molecule has 158 valence electrons. The van der Waals surface area contributed by atoms with E-state index in [1.165, 1.54) is 12.1 Å². The van der Waals surface area contributed by atoms with Gasteiger partial charge in [0.25, 0.3) is 0 Å². The zero-order valence-corrected chi connectivity index (χ0v) is 17.0. The Bertz CT molecular complexity index is 1070. The number of imide groups is 1. The number of piperazine rings is 1. The van der Waals surface area contributed by atoms with Gasteiger partial charge in [0, 0.05) is 37.5 Å². The van der Waals surface area contributed by atoms with Crippen LogP contribution in [0.5, 0.6) is 0 Å². The van der Waals surface area contributed by atoms with Crippen molar-refractivity contribution in [1.29, 1.82) is 0 Å². The number of amides is 2. The van der Waals surface area contributed by atoms with Crippen molar-refractivity contribution in [3.05, 3.63) is 77.5 Å². The summed E-state index contributed by atoms with van der Waals surface area (Å²) in [6.07, 6.45) is 5.84. The lowest BCUT2D eigenvalue weighted by Gasteiger charge is -2.27. The number of nitrogens with one attached hydrogen (secondary N) is 1. The normalized spacial score (nSPS) is 15.0. The van der Waals surface area contributed by atoms with E-state index in [0.717, 1.165) is 11.3 Å². The third-order valence-electron chi connectivity index (χ3n) is 4.99. The number of benzene rings is 1. The summed E-state index contributed by atoms with van der Waals surface area (Å²) in [5, 5.41) is 2.29. The molecule has 0 aliphatic carbocycles. The van der Waals surface area contributed by atoms with Gasteiger partial charge in [0.05, 0.1) is 24.5 Å². The van der Waals surface area contributed by atoms with Crippen molar-refractivity contribution in [1.82, 2.24) is 25.3 Å². The molecule has 1 aromatic carbocycles. The smallest absolute Gasteiger partial charge is 0.246 e. The first kappa shape index (κ1) is 20.5. The number of halogens is 1. The first-order chi connectivity index (χ1) is 15.0. The summed E-state index contributed by atoms with van der Waals surface area (Å²) in [4.78, 5) is 43.0. The lowest BCUT2D eigenvalue weighted by atomic mass is 9.97. The van der Waals surface area contributed by atoms with Crippen molar-refractivity contribution in [3.63, 3.8) is 0 Å². The molecule has 1 atom stereocenters. The summed E-state index contributed by atoms with van der Waals surface area (Å²) in [5.41, 5.74) is 2.43. The Labute approximate surface area is 178 Å². The summed E-state index contributed by atoms with van der Waals surface area (Å²) in [6, 6.07) is 8.13. The van der Waals surface area contributed by atoms with Gasteiger partial charge in [-0.05, 0) is 23.6 Å². The van der Waals surface area contributed by atoms with E-state index in [1.54, 1.807) is 41.7 Å². The highest BCUT2D eigenvalue weighted by Crippen LogP contribution is 2.22. The molecule has 0 radical (unpaired) electrons. The Kier molecular flexibility index (Phi) is 5.92. The van der Waals surface area contributed by atoms with Crippen molar-refractivity contribution >= 4 is 17.6 Å². The van der Waals surface area contributed by atoms with Crippen LogP contribution in [-0.2, 0) is 22.4 Å². The van der Waals surface area contributed by atoms with Crippen molar-refractivity contribution < 1.29 is 14.0 Å². The van der Waals surface area contributed by atoms with Crippen LogP contribution in [-0.4, -0.2) is 44.8 Å². The molecule has 1 saturated heterocycles. The predicted molar refractivity (Wildman–Crippen MR) is 111 cm³/mol. The number of carbonyl (C=O) groups is 2. The monoisotopic (exact) mass is 420 g/mol. The number of hydrogen-bond acceptors (Lipinski definition) is 7. The molecule has 2 amide bonds. The highest BCUT2D eigenvalue weighted by molar-refractivity contribution is 6.02. The molecule has 0 spiro atoms. The molecule has 3 aromatic rings. The van der Waals surface area contributed by atoms with Gasteiger partial charge >= 0.3 is 0 Å². The molecule has 0 bridgehead atoms. The minimum Gasteiger partial charge on any atom is -0.338 e. The number of nitrogens with zero attached hydrogens (tertiary/aromatic N) is 5. The summed E-state index contributed by atoms with van der Waals surface area (Å²) >= 11 is 0. The number of carbonyl (C=O) groups excluding carboxylic acids is 2. The summed E-state index contributed by atoms with van der Waals surface area (Å²) in [5.74, 6) is 0.114. The number of anilines is 1. The van der Waals surface area contributed by atoms with Crippen LogP contribution in [0.3, 0.4) is 0 Å². The fourth-order valence-corrected chi connectivity index (χ4v) is 3.47. The third-order valence-corrected chi connectivity index (χ3v) is 4.99. The summed E-state index contributed by atoms with van der Waals surface area (Å²) < 4.78 is 13.3. The van der Waals surface area contributed by atoms with E-state index in [2.05, 4.69) is 25.3 Å². The molecule has 1 aliphatic rings. The van der Waals surface area contributed by atoms with Gasteiger partial charge in [-0.3, -0.25) is 24.9 Å². The Morgan fingerprint density at radius 1 is 1.06 bits per heavy atom. The van der Waals surface area contributed by atoms with Gasteiger partial charge in [0.2, 0.25) is 11.8 Å². The molecule has 9 heteroatoms. The summed E-state index contributed by atoms with van der Waals surface area (Å²) in [7, 11) is 0. The lowest BCUT2D eigenvalue weighted by molar-refractivity contribution is -0.130. The van der Waals surface area contributed by atoms with Gasteiger partial charge in [0.1, 0.15) is 17.5 Å². The Morgan fingerprint density at radius 2 is 1.81 bits per heavy atom. The molecule has 0 unspecified atom stereocenters. The van der Waals surface area contributed by atoms with Crippen LogP contribution in [0.1, 0.15) is 35.6 Å². The highest BCUT2D eigenvalue weighted by Gasteiger charge is 2.24. The second kappa shape index (κ2) is 8.95. The highest BCUT2D eigenvalue weighted by atomic mass is 19.1. The minimum absolute atomic E-state index is 0.0420. The van der Waals surface area contributed by atoms with E-state index in [9.17, 15) is 14.0 Å². The van der Waals surface area contributed by atoms with Gasteiger partial charge in [-0.25, -0.2) is 14.4 Å². The average Bonchev–Trinajstić information content (AvgIpc) is 2.74. The van der Waals surface area contributed by atoms with Gasteiger partial charge in [0.15, 0.2) is 0 Å². The van der Waals surface area contributed by atoms with Gasteiger partial charge in [-0.15, -0.1) is 0 Å². The van der Waals surface area contributed by atoms with Crippen LogP contribution in [0.15, 0.2) is 48.9 Å². The van der Waals surface area contributed by atoms with Gasteiger partial charge < -0.3 is 4.90 Å². The van der Waals surface area contributed by atoms with Crippen LogP contribution in [0.2, 0.25) is 0 Å². The van der Waals surface area contributed by atoms with E-state index in [1.807, 2.05) is 6.92 Å². The van der Waals surface area contributed by atoms with Crippen LogP contribution < -0.4 is 10.2 Å². The zero-order valence-electron chi connectivity index (χ0n) is 17.0. The first-order valence-corrected chi connectivity index (χ1v) is 9.91. The summed E-state index contributed by atoms with van der Waals surface area (Å²) in [6.45, 7) is 2.10. The Morgan fingerprint density at radius 3 is 2.48 bits per heavy atom. The van der Waals surface area contributed by atoms with Crippen LogP contribution in [0, 0.1) is 5.82 Å². The Hall–Kier alpha value is -3.75. The van der Waals surface area contributed by atoms with Crippen molar-refractivity contribution in [2.45, 2.75) is 25.7 Å². The lowest BCUT2D eigenvalue weighted by Crippen LogP contribution is -2.51. The molecule has 8 nitrogen and oxygen atoms in total. The fraction of sp³-hybridized carbons (Fsp3) is 0.273. The van der Waals surface area contributed by atoms with E-state index >= 15 is 0 Å². The molecular weight excluding hydrogens is 399 g/mol. The van der Waals surface area contributed by atoms with E-state index in [0.29, 0.717) is 30.2 Å². The number of aromatic nitrogens is 4. The average molecular weight is 420 g/mol. The van der Waals surface area contributed by atoms with Crippen molar-refractivity contribution in [2.24, 2.45) is 0 Å². The quantitative estimate of drug-likeness (QED) is 0.607. The fourth-order valence-electron chi connectivity index (χ4n) is 3.47. The maximum atomic E-state index is 13.3. The third kappa shape index (κ3) is 5.25. The SMILES string of the molecule is C[C@H](Cc1nc(Cc2cnccn2)cc(N2CC(=O)NC(=O)C2)n1)c1ccc(F)cc1. The second-order valence-corrected chi connectivity index (χ2v) is 7.49. The topological polar surface area (TPSA) is 101 Å². The van der Waals surface area contributed by atoms with Crippen LogP contribution >= 0.6 is 0 Å². The minimum atomic E-state index is -0.369. The Balaban J connectivity index is 1.64. The largest absolute Gasteiger partial charge is 0.338 e. The maximum absolute atomic E-state index is 13.3. The van der Waals surface area contributed by atoms with Crippen LogP contribution in [0.4, 0.5) is 10.2 Å². The molecule has 0 saturated carbocycles. The van der Waals surface area contributed by atoms with Gasteiger partial charge in [-0.1, -0.05) is 19.1 Å².